The second-order valence-corrected chi connectivity index (χ2v) is 6.20. The minimum absolute atomic E-state index is 0.167. The third kappa shape index (κ3) is 2.48. The Labute approximate surface area is 153 Å². The Kier molecular flexibility index (Phi) is 3.33. The molecule has 0 radical (unpaired) electrons. The number of methoxy groups -OCH3 is 1. The monoisotopic (exact) mass is 357 g/mol. The molecule has 0 atom stereocenters. The van der Waals surface area contributed by atoms with Gasteiger partial charge in [0.15, 0.2) is 5.82 Å². The molecule has 0 saturated carbocycles. The summed E-state index contributed by atoms with van der Waals surface area (Å²) in [5.41, 5.74) is 5.21. The molecule has 0 saturated heterocycles. The number of rotatable bonds is 3. The number of imidazole rings is 1. The molecule has 3 N–H and O–H groups in total. The van der Waals surface area contributed by atoms with Crippen LogP contribution in [0.5, 0.6) is 11.5 Å². The number of aromatic hydroxyl groups is 1. The molecule has 0 unspecified atom stereocenters. The number of fused-ring (bicyclic) bond motifs is 2. The summed E-state index contributed by atoms with van der Waals surface area (Å²) < 4.78 is 5.39. The zero-order valence-corrected chi connectivity index (χ0v) is 14.4. The van der Waals surface area contributed by atoms with Gasteiger partial charge in [0.05, 0.1) is 29.9 Å². The number of nitrogens with one attached hydrogen (secondary N) is 2. The number of H-pyrrole nitrogens is 2. The zero-order chi connectivity index (χ0) is 18.4. The molecule has 0 amide bonds. The maximum absolute atomic E-state index is 9.67. The number of ether oxygens (including phenoxy) is 1. The lowest BCUT2D eigenvalue weighted by Crippen LogP contribution is -1.88. The van der Waals surface area contributed by atoms with Crippen LogP contribution in [0.4, 0.5) is 0 Å². The van der Waals surface area contributed by atoms with E-state index in [9.17, 15) is 5.11 Å². The van der Waals surface area contributed by atoms with E-state index in [0.29, 0.717) is 11.6 Å². The van der Waals surface area contributed by atoms with E-state index in [1.807, 2.05) is 30.3 Å². The summed E-state index contributed by atoms with van der Waals surface area (Å²) in [6.07, 6.45) is 3.46. The predicted octanol–water partition coefficient (Wildman–Crippen LogP) is 3.88. The summed E-state index contributed by atoms with van der Waals surface area (Å²) in [7, 11) is 1.58. The summed E-state index contributed by atoms with van der Waals surface area (Å²) in [6, 6.07) is 12.9. The van der Waals surface area contributed by atoms with Gasteiger partial charge >= 0.3 is 0 Å². The molecule has 5 aromatic rings. The molecular weight excluding hydrogens is 342 g/mol. The van der Waals surface area contributed by atoms with Crippen LogP contribution in [-0.2, 0) is 0 Å². The van der Waals surface area contributed by atoms with E-state index < -0.39 is 0 Å². The third-order valence-corrected chi connectivity index (χ3v) is 4.57. The first-order valence-electron chi connectivity index (χ1n) is 8.38. The summed E-state index contributed by atoms with van der Waals surface area (Å²) in [5, 5.41) is 18.1. The number of aromatic nitrogens is 5. The highest BCUT2D eigenvalue weighted by atomic mass is 16.5. The SMILES string of the molecule is COc1cc(O)ccc1-c1ccc2c(-c3nc4ccncc4[nH]3)n[nH]c2c1. The molecule has 0 aliphatic carbocycles. The molecule has 0 bridgehead atoms. The fourth-order valence-corrected chi connectivity index (χ4v) is 3.26. The van der Waals surface area contributed by atoms with Gasteiger partial charge in [0, 0.05) is 23.2 Å². The second-order valence-electron chi connectivity index (χ2n) is 6.20. The summed E-state index contributed by atoms with van der Waals surface area (Å²) in [4.78, 5) is 12.0. The van der Waals surface area contributed by atoms with Crippen LogP contribution in [-0.4, -0.2) is 37.4 Å². The molecule has 0 fully saturated rings. The van der Waals surface area contributed by atoms with Crippen molar-refractivity contribution in [3.63, 3.8) is 0 Å². The lowest BCUT2D eigenvalue weighted by atomic mass is 10.0. The lowest BCUT2D eigenvalue weighted by Gasteiger charge is -2.09. The number of nitrogens with zero attached hydrogens (tertiary/aromatic N) is 3. The minimum Gasteiger partial charge on any atom is -0.508 e. The van der Waals surface area contributed by atoms with Crippen LogP contribution in [0.15, 0.2) is 54.9 Å². The smallest absolute Gasteiger partial charge is 0.159 e. The van der Waals surface area contributed by atoms with E-state index in [1.54, 1.807) is 31.6 Å². The summed E-state index contributed by atoms with van der Waals surface area (Å²) in [5.74, 6) is 1.47. The van der Waals surface area contributed by atoms with Crippen molar-refractivity contribution >= 4 is 21.9 Å². The van der Waals surface area contributed by atoms with Crippen LogP contribution in [0.3, 0.4) is 0 Å². The maximum Gasteiger partial charge on any atom is 0.159 e. The quantitative estimate of drug-likeness (QED) is 0.455. The van der Waals surface area contributed by atoms with Crippen LogP contribution >= 0.6 is 0 Å². The largest absolute Gasteiger partial charge is 0.508 e. The molecule has 7 nitrogen and oxygen atoms in total. The van der Waals surface area contributed by atoms with Crippen LogP contribution in [0.25, 0.3) is 44.6 Å². The van der Waals surface area contributed by atoms with Crippen molar-refractivity contribution in [2.75, 3.05) is 7.11 Å². The molecule has 0 aliphatic rings. The first-order chi connectivity index (χ1) is 13.2. The molecule has 2 aromatic carbocycles. The molecule has 132 valence electrons. The molecule has 0 aliphatic heterocycles. The average Bonchev–Trinajstić information content (AvgIpc) is 3.30. The molecule has 7 heteroatoms. The Morgan fingerprint density at radius 3 is 2.81 bits per heavy atom. The van der Waals surface area contributed by atoms with Gasteiger partial charge in [-0.2, -0.15) is 5.10 Å². The molecule has 0 spiro atoms. The van der Waals surface area contributed by atoms with E-state index in [-0.39, 0.29) is 5.75 Å². The first-order valence-corrected chi connectivity index (χ1v) is 8.38. The predicted molar refractivity (Wildman–Crippen MR) is 103 cm³/mol. The van der Waals surface area contributed by atoms with Crippen LogP contribution in [0.1, 0.15) is 0 Å². The Morgan fingerprint density at radius 2 is 1.96 bits per heavy atom. The fraction of sp³-hybridized carbons (Fsp3) is 0.0500. The number of pyridine rings is 1. The topological polar surface area (TPSA) is 99.7 Å². The van der Waals surface area contributed by atoms with Crippen molar-refractivity contribution in [1.82, 2.24) is 25.1 Å². The number of hydrogen-bond acceptors (Lipinski definition) is 5. The normalized spacial score (nSPS) is 11.3. The Morgan fingerprint density at radius 1 is 1.04 bits per heavy atom. The fourth-order valence-electron chi connectivity index (χ4n) is 3.26. The summed E-state index contributed by atoms with van der Waals surface area (Å²) in [6.45, 7) is 0. The van der Waals surface area contributed by atoms with Crippen molar-refractivity contribution in [3.05, 3.63) is 54.9 Å². The van der Waals surface area contributed by atoms with Gasteiger partial charge in [-0.1, -0.05) is 6.07 Å². The second kappa shape index (κ2) is 5.84. The highest BCUT2D eigenvalue weighted by Crippen LogP contribution is 2.35. The third-order valence-electron chi connectivity index (χ3n) is 4.57. The number of aromatic amines is 2. The average molecular weight is 357 g/mol. The van der Waals surface area contributed by atoms with Gasteiger partial charge < -0.3 is 14.8 Å². The molecular formula is C20H15N5O2. The highest BCUT2D eigenvalue weighted by molar-refractivity contribution is 5.95. The van der Waals surface area contributed by atoms with Crippen molar-refractivity contribution in [1.29, 1.82) is 0 Å². The van der Waals surface area contributed by atoms with E-state index in [4.69, 9.17) is 4.74 Å². The minimum atomic E-state index is 0.167. The van der Waals surface area contributed by atoms with E-state index >= 15 is 0 Å². The van der Waals surface area contributed by atoms with Crippen LogP contribution in [0.2, 0.25) is 0 Å². The number of phenolic OH excluding ortho intramolecular Hbond substituents is 1. The molecule has 27 heavy (non-hydrogen) atoms. The van der Waals surface area contributed by atoms with Gasteiger partial charge in [-0.25, -0.2) is 4.98 Å². The van der Waals surface area contributed by atoms with Gasteiger partial charge in [-0.15, -0.1) is 0 Å². The number of phenols is 1. The van der Waals surface area contributed by atoms with Gasteiger partial charge in [0.2, 0.25) is 0 Å². The molecule has 5 rings (SSSR count). The molecule has 3 aromatic heterocycles. The lowest BCUT2D eigenvalue weighted by molar-refractivity contribution is 0.409. The Bertz CT molecular complexity index is 1260. The molecule has 3 heterocycles. The number of benzene rings is 2. The summed E-state index contributed by atoms with van der Waals surface area (Å²) >= 11 is 0. The highest BCUT2D eigenvalue weighted by Gasteiger charge is 2.14. The zero-order valence-electron chi connectivity index (χ0n) is 14.4. The van der Waals surface area contributed by atoms with E-state index in [0.717, 1.165) is 38.8 Å². The van der Waals surface area contributed by atoms with Crippen molar-refractivity contribution < 1.29 is 9.84 Å². The van der Waals surface area contributed by atoms with Crippen molar-refractivity contribution in [2.45, 2.75) is 0 Å². The van der Waals surface area contributed by atoms with Gasteiger partial charge in [0.1, 0.15) is 17.2 Å². The first kappa shape index (κ1) is 15.4. The van der Waals surface area contributed by atoms with Gasteiger partial charge in [0.25, 0.3) is 0 Å². The Balaban J connectivity index is 1.63. The van der Waals surface area contributed by atoms with Crippen LogP contribution in [0, 0.1) is 0 Å². The number of hydrogen-bond donors (Lipinski definition) is 3. The van der Waals surface area contributed by atoms with Crippen LogP contribution < -0.4 is 4.74 Å². The maximum atomic E-state index is 9.67. The van der Waals surface area contributed by atoms with Gasteiger partial charge in [-0.3, -0.25) is 10.1 Å². The van der Waals surface area contributed by atoms with E-state index in [1.165, 1.54) is 0 Å². The Hall–Kier alpha value is -3.87. The van der Waals surface area contributed by atoms with Crippen molar-refractivity contribution in [3.8, 4) is 34.1 Å². The van der Waals surface area contributed by atoms with Crippen molar-refractivity contribution in [2.24, 2.45) is 0 Å². The van der Waals surface area contributed by atoms with E-state index in [2.05, 4.69) is 25.1 Å². The standard InChI is InChI=1S/C20H15N5O2/c1-27-18-9-12(26)3-5-13(18)11-2-4-14-16(8-11)24-25-19(14)20-22-15-6-7-21-10-17(15)23-20/h2-10,26H,1H3,(H,22,23)(H,24,25). The van der Waals surface area contributed by atoms with Gasteiger partial charge in [-0.05, 0) is 35.9 Å².